The van der Waals surface area contributed by atoms with Crippen molar-refractivity contribution in [2.24, 2.45) is 0 Å². The number of rotatable bonds is 4. The zero-order chi connectivity index (χ0) is 14.5. The Morgan fingerprint density at radius 2 is 2.10 bits per heavy atom. The van der Waals surface area contributed by atoms with Crippen molar-refractivity contribution in [3.05, 3.63) is 53.1 Å². The lowest BCUT2D eigenvalue weighted by Crippen LogP contribution is -2.20. The number of aryl methyl sites for hydroxylation is 1. The minimum atomic E-state index is -0.282. The van der Waals surface area contributed by atoms with Gasteiger partial charge in [-0.3, -0.25) is 4.79 Å². The Balaban J connectivity index is 1.91. The highest BCUT2D eigenvalue weighted by Gasteiger charge is 2.05. The first-order chi connectivity index (χ1) is 9.54. The molecule has 4 nitrogen and oxygen atoms in total. The minimum absolute atomic E-state index is 0.111. The van der Waals surface area contributed by atoms with Gasteiger partial charge >= 0.3 is 0 Å². The van der Waals surface area contributed by atoms with Crippen LogP contribution in [0.2, 0.25) is 5.02 Å². The van der Waals surface area contributed by atoms with E-state index in [9.17, 15) is 9.90 Å². The van der Waals surface area contributed by atoms with Crippen LogP contribution in [0.1, 0.15) is 5.56 Å². The summed E-state index contributed by atoms with van der Waals surface area (Å²) in [6.45, 7) is 1.65. The zero-order valence-corrected chi connectivity index (χ0v) is 11.6. The van der Waals surface area contributed by atoms with Gasteiger partial charge in [-0.15, -0.1) is 0 Å². The maximum Gasteiger partial charge on any atom is 0.262 e. The Morgan fingerprint density at radius 1 is 1.30 bits per heavy atom. The van der Waals surface area contributed by atoms with E-state index in [0.29, 0.717) is 22.0 Å². The summed E-state index contributed by atoms with van der Waals surface area (Å²) in [6, 6.07) is 11.7. The topological polar surface area (TPSA) is 58.6 Å². The molecule has 2 N–H and O–H groups in total. The van der Waals surface area contributed by atoms with Crippen molar-refractivity contribution >= 4 is 23.2 Å². The lowest BCUT2D eigenvalue weighted by molar-refractivity contribution is -0.118. The molecule has 104 valence electrons. The molecule has 5 heteroatoms. The standard InChI is InChI=1S/C15H14ClNO3/c1-10-7-12(5-6-14(10)18)17-15(19)9-20-13-4-2-3-11(16)8-13/h2-8,18H,9H2,1H3,(H,17,19). The molecule has 0 bridgehead atoms. The van der Waals surface area contributed by atoms with Crippen molar-refractivity contribution in [1.29, 1.82) is 0 Å². The molecule has 0 spiro atoms. The number of nitrogens with one attached hydrogen (secondary N) is 1. The molecule has 20 heavy (non-hydrogen) atoms. The number of amides is 1. The second-order valence-electron chi connectivity index (χ2n) is 4.30. The Kier molecular flexibility index (Phi) is 4.48. The molecule has 0 saturated carbocycles. The summed E-state index contributed by atoms with van der Waals surface area (Å²) in [5.74, 6) is 0.447. The molecular formula is C15H14ClNO3. The number of anilines is 1. The van der Waals surface area contributed by atoms with Crippen LogP contribution in [0, 0.1) is 6.92 Å². The fourth-order valence-electron chi connectivity index (χ4n) is 1.64. The highest BCUT2D eigenvalue weighted by Crippen LogP contribution is 2.20. The number of ether oxygens (including phenoxy) is 1. The quantitative estimate of drug-likeness (QED) is 0.849. The van der Waals surface area contributed by atoms with Crippen LogP contribution in [0.5, 0.6) is 11.5 Å². The van der Waals surface area contributed by atoms with Crippen LogP contribution in [0.25, 0.3) is 0 Å². The lowest BCUT2D eigenvalue weighted by Gasteiger charge is -2.08. The van der Waals surface area contributed by atoms with Crippen molar-refractivity contribution < 1.29 is 14.6 Å². The van der Waals surface area contributed by atoms with Gasteiger partial charge in [0.1, 0.15) is 11.5 Å². The molecule has 0 aliphatic rings. The number of carbonyl (C=O) groups excluding carboxylic acids is 1. The number of hydrogen-bond donors (Lipinski definition) is 2. The largest absolute Gasteiger partial charge is 0.508 e. The third-order valence-electron chi connectivity index (χ3n) is 2.65. The summed E-state index contributed by atoms with van der Waals surface area (Å²) in [6.07, 6.45) is 0. The van der Waals surface area contributed by atoms with E-state index in [0.717, 1.165) is 0 Å². The lowest BCUT2D eigenvalue weighted by atomic mass is 10.2. The monoisotopic (exact) mass is 291 g/mol. The predicted octanol–water partition coefficient (Wildman–Crippen LogP) is 3.37. The Bertz CT molecular complexity index is 628. The molecular weight excluding hydrogens is 278 g/mol. The third kappa shape index (κ3) is 3.90. The molecule has 0 heterocycles. The fraction of sp³-hybridized carbons (Fsp3) is 0.133. The molecule has 2 aromatic rings. The molecule has 2 aromatic carbocycles. The molecule has 0 atom stereocenters. The molecule has 0 aliphatic carbocycles. The summed E-state index contributed by atoms with van der Waals surface area (Å²) in [5.41, 5.74) is 1.30. The average Bonchev–Trinajstić information content (AvgIpc) is 2.41. The van der Waals surface area contributed by atoms with Crippen LogP contribution < -0.4 is 10.1 Å². The first kappa shape index (κ1) is 14.2. The van der Waals surface area contributed by atoms with Crippen molar-refractivity contribution in [3.63, 3.8) is 0 Å². The van der Waals surface area contributed by atoms with Gasteiger partial charge in [0, 0.05) is 10.7 Å². The number of carbonyl (C=O) groups is 1. The van der Waals surface area contributed by atoms with Crippen LogP contribution in [0.3, 0.4) is 0 Å². The van der Waals surface area contributed by atoms with Gasteiger partial charge in [0.25, 0.3) is 5.91 Å². The summed E-state index contributed by atoms with van der Waals surface area (Å²) in [7, 11) is 0. The van der Waals surface area contributed by atoms with Crippen LogP contribution in [-0.4, -0.2) is 17.6 Å². The van der Waals surface area contributed by atoms with Gasteiger partial charge < -0.3 is 15.2 Å². The van der Waals surface area contributed by atoms with E-state index in [4.69, 9.17) is 16.3 Å². The van der Waals surface area contributed by atoms with E-state index in [1.807, 2.05) is 0 Å². The number of halogens is 1. The van der Waals surface area contributed by atoms with Crippen LogP contribution in [0.4, 0.5) is 5.69 Å². The summed E-state index contributed by atoms with van der Waals surface area (Å²) in [5, 5.41) is 12.6. The van der Waals surface area contributed by atoms with Crippen molar-refractivity contribution in [2.75, 3.05) is 11.9 Å². The van der Waals surface area contributed by atoms with E-state index in [1.54, 1.807) is 43.3 Å². The number of phenols is 1. The Morgan fingerprint density at radius 3 is 2.80 bits per heavy atom. The van der Waals surface area contributed by atoms with Gasteiger partial charge in [-0.25, -0.2) is 0 Å². The van der Waals surface area contributed by atoms with Crippen LogP contribution in [0.15, 0.2) is 42.5 Å². The molecule has 0 aliphatic heterocycles. The average molecular weight is 292 g/mol. The number of phenolic OH excluding ortho intramolecular Hbond substituents is 1. The molecule has 0 fully saturated rings. The van der Waals surface area contributed by atoms with E-state index >= 15 is 0 Å². The van der Waals surface area contributed by atoms with Gasteiger partial charge in [0.15, 0.2) is 6.61 Å². The minimum Gasteiger partial charge on any atom is -0.508 e. The van der Waals surface area contributed by atoms with Crippen LogP contribution in [-0.2, 0) is 4.79 Å². The van der Waals surface area contributed by atoms with E-state index < -0.39 is 0 Å². The zero-order valence-electron chi connectivity index (χ0n) is 10.9. The van der Waals surface area contributed by atoms with Gasteiger partial charge in [-0.2, -0.15) is 0 Å². The predicted molar refractivity (Wildman–Crippen MR) is 78.4 cm³/mol. The van der Waals surface area contributed by atoms with Crippen molar-refractivity contribution in [2.45, 2.75) is 6.92 Å². The van der Waals surface area contributed by atoms with Gasteiger partial charge in [0.05, 0.1) is 0 Å². The van der Waals surface area contributed by atoms with Gasteiger partial charge in [-0.05, 0) is 48.9 Å². The number of hydrogen-bond acceptors (Lipinski definition) is 3. The summed E-state index contributed by atoms with van der Waals surface area (Å²) in [4.78, 5) is 11.7. The maximum absolute atomic E-state index is 11.7. The van der Waals surface area contributed by atoms with Gasteiger partial charge in [-0.1, -0.05) is 17.7 Å². The number of aromatic hydroxyl groups is 1. The molecule has 2 rings (SSSR count). The Hall–Kier alpha value is -2.20. The van der Waals surface area contributed by atoms with E-state index in [1.165, 1.54) is 6.07 Å². The Labute approximate surface area is 122 Å². The van der Waals surface area contributed by atoms with Gasteiger partial charge in [0.2, 0.25) is 0 Å². The second kappa shape index (κ2) is 6.30. The smallest absolute Gasteiger partial charge is 0.262 e. The van der Waals surface area contributed by atoms with Crippen molar-refractivity contribution in [1.82, 2.24) is 0 Å². The summed E-state index contributed by atoms with van der Waals surface area (Å²) < 4.78 is 5.33. The third-order valence-corrected chi connectivity index (χ3v) is 2.88. The van der Waals surface area contributed by atoms with Crippen molar-refractivity contribution in [3.8, 4) is 11.5 Å². The molecule has 0 aromatic heterocycles. The van der Waals surface area contributed by atoms with Crippen LogP contribution >= 0.6 is 11.6 Å². The first-order valence-electron chi connectivity index (χ1n) is 6.02. The molecule has 0 saturated heterocycles. The van der Waals surface area contributed by atoms with E-state index in [-0.39, 0.29) is 18.3 Å². The molecule has 1 amide bonds. The SMILES string of the molecule is Cc1cc(NC(=O)COc2cccc(Cl)c2)ccc1O. The highest BCUT2D eigenvalue weighted by atomic mass is 35.5. The normalized spacial score (nSPS) is 10.1. The molecule has 0 unspecified atom stereocenters. The second-order valence-corrected chi connectivity index (χ2v) is 4.73. The maximum atomic E-state index is 11.7. The molecule has 0 radical (unpaired) electrons. The van der Waals surface area contributed by atoms with E-state index in [2.05, 4.69) is 5.32 Å². The highest BCUT2D eigenvalue weighted by molar-refractivity contribution is 6.30. The first-order valence-corrected chi connectivity index (χ1v) is 6.40. The fourth-order valence-corrected chi connectivity index (χ4v) is 1.82. The number of benzene rings is 2. The summed E-state index contributed by atoms with van der Waals surface area (Å²) >= 11 is 5.82.